The van der Waals surface area contributed by atoms with Crippen LogP contribution in [0.4, 0.5) is 0 Å². The summed E-state index contributed by atoms with van der Waals surface area (Å²) in [4.78, 5) is 0. The van der Waals surface area contributed by atoms with Gasteiger partial charge in [-0.05, 0) is 63.6 Å². The fraction of sp³-hybridized carbons (Fsp3) is 0.500. The van der Waals surface area contributed by atoms with Gasteiger partial charge in [-0.15, -0.1) is 0 Å². The normalized spacial score (nSPS) is 11.1. The van der Waals surface area contributed by atoms with Crippen LogP contribution in [0, 0.1) is 51.9 Å². The van der Waals surface area contributed by atoms with Crippen molar-refractivity contribution >= 4 is 0 Å². The topological polar surface area (TPSA) is 28.7 Å². The maximum atomic E-state index is 9.76. The zero-order chi connectivity index (χ0) is 18.0. The Bertz CT molecular complexity index is 760. The Morgan fingerprint density at radius 1 is 1.00 bits per heavy atom. The van der Waals surface area contributed by atoms with Gasteiger partial charge in [0, 0.05) is 11.4 Å². The minimum Gasteiger partial charge on any atom is -0.316 e. The van der Waals surface area contributed by atoms with Crippen LogP contribution in [0.5, 0.6) is 0 Å². The molecule has 0 fully saturated rings. The van der Waals surface area contributed by atoms with Crippen LogP contribution in [-0.2, 0) is 6.42 Å². The molecule has 1 aromatic carbocycles. The van der Waals surface area contributed by atoms with Gasteiger partial charge >= 0.3 is 0 Å². The molecule has 0 spiro atoms. The lowest BCUT2D eigenvalue weighted by molar-refractivity contribution is 0.481. The number of benzene rings is 1. The first kappa shape index (κ1) is 18.3. The average Bonchev–Trinajstić information content (AvgIpc) is 2.75. The van der Waals surface area contributed by atoms with E-state index in [0.29, 0.717) is 5.92 Å². The second-order valence-corrected chi connectivity index (χ2v) is 7.11. The summed E-state index contributed by atoms with van der Waals surface area (Å²) >= 11 is 0. The van der Waals surface area contributed by atoms with Gasteiger partial charge in [-0.2, -0.15) is 5.26 Å². The Labute approximate surface area is 147 Å². The lowest BCUT2D eigenvalue weighted by atomic mass is 9.95. The van der Waals surface area contributed by atoms with Crippen LogP contribution in [-0.4, -0.2) is 4.57 Å². The minimum absolute atomic E-state index is 0.621. The second kappa shape index (κ2) is 7.26. The zero-order valence-corrected chi connectivity index (χ0v) is 16.2. The summed E-state index contributed by atoms with van der Waals surface area (Å²) in [5, 5.41) is 9.76. The molecule has 0 N–H and O–H groups in total. The molecule has 0 amide bonds. The van der Waals surface area contributed by atoms with E-state index in [4.69, 9.17) is 0 Å². The quantitative estimate of drug-likeness (QED) is 0.676. The highest BCUT2D eigenvalue weighted by molar-refractivity contribution is 5.57. The largest absolute Gasteiger partial charge is 0.316 e. The molecule has 128 valence electrons. The van der Waals surface area contributed by atoms with Crippen LogP contribution < -0.4 is 0 Å². The van der Waals surface area contributed by atoms with Crippen molar-refractivity contribution in [1.82, 2.24) is 4.57 Å². The molecule has 0 aliphatic carbocycles. The van der Waals surface area contributed by atoms with Gasteiger partial charge in [0.25, 0.3) is 0 Å². The molecule has 2 aromatic rings. The van der Waals surface area contributed by atoms with E-state index in [0.717, 1.165) is 30.4 Å². The first-order chi connectivity index (χ1) is 11.3. The van der Waals surface area contributed by atoms with E-state index in [9.17, 15) is 5.26 Å². The molecule has 0 unspecified atom stereocenters. The maximum absolute atomic E-state index is 9.76. The standard InChI is InChI=1S/C22H30N2/c1-8-19(9-2)12-21-20(13-23)17(6)18(7)24(21)22-15(4)10-14(3)11-16(22)5/h10-11,19H,8-9,12H2,1-7H3. The van der Waals surface area contributed by atoms with Crippen molar-refractivity contribution in [2.24, 2.45) is 5.92 Å². The maximum Gasteiger partial charge on any atom is 0.101 e. The van der Waals surface area contributed by atoms with Gasteiger partial charge in [0.1, 0.15) is 6.07 Å². The van der Waals surface area contributed by atoms with Crippen LogP contribution in [0.1, 0.15) is 65.9 Å². The molecule has 2 rings (SSSR count). The zero-order valence-electron chi connectivity index (χ0n) is 16.2. The highest BCUT2D eigenvalue weighted by atomic mass is 15.0. The number of hydrogen-bond acceptors (Lipinski definition) is 1. The van der Waals surface area contributed by atoms with E-state index < -0.39 is 0 Å². The van der Waals surface area contributed by atoms with E-state index in [1.807, 2.05) is 0 Å². The molecule has 0 bridgehead atoms. The molecule has 0 aliphatic rings. The van der Waals surface area contributed by atoms with Gasteiger partial charge in [0.15, 0.2) is 0 Å². The van der Waals surface area contributed by atoms with Crippen LogP contribution in [0.3, 0.4) is 0 Å². The molecule has 0 saturated carbocycles. The van der Waals surface area contributed by atoms with Gasteiger partial charge < -0.3 is 4.57 Å². The van der Waals surface area contributed by atoms with Gasteiger partial charge in [-0.1, -0.05) is 44.4 Å². The monoisotopic (exact) mass is 322 g/mol. The third kappa shape index (κ3) is 3.13. The lowest BCUT2D eigenvalue weighted by Crippen LogP contribution is -2.11. The van der Waals surface area contributed by atoms with Crippen LogP contribution in [0.2, 0.25) is 0 Å². The van der Waals surface area contributed by atoms with Crippen molar-refractivity contribution in [2.75, 3.05) is 0 Å². The summed E-state index contributed by atoms with van der Waals surface area (Å²) in [5.74, 6) is 0.621. The Balaban J connectivity index is 2.77. The van der Waals surface area contributed by atoms with Gasteiger partial charge in [0.2, 0.25) is 0 Å². The minimum atomic E-state index is 0.621. The fourth-order valence-corrected chi connectivity index (χ4v) is 3.90. The van der Waals surface area contributed by atoms with Crippen molar-refractivity contribution in [3.63, 3.8) is 0 Å². The van der Waals surface area contributed by atoms with E-state index >= 15 is 0 Å². The molecular formula is C22H30N2. The molecule has 0 saturated heterocycles. The van der Waals surface area contributed by atoms with Crippen molar-refractivity contribution in [2.45, 2.75) is 67.7 Å². The number of nitrogens with zero attached hydrogens (tertiary/aromatic N) is 2. The lowest BCUT2D eigenvalue weighted by Gasteiger charge is -2.20. The molecule has 0 atom stereocenters. The summed E-state index contributed by atoms with van der Waals surface area (Å²) in [7, 11) is 0. The summed E-state index contributed by atoms with van der Waals surface area (Å²) < 4.78 is 2.36. The summed E-state index contributed by atoms with van der Waals surface area (Å²) in [6.07, 6.45) is 3.27. The Morgan fingerprint density at radius 3 is 2.00 bits per heavy atom. The van der Waals surface area contributed by atoms with E-state index in [-0.39, 0.29) is 0 Å². The molecule has 24 heavy (non-hydrogen) atoms. The molecule has 0 aliphatic heterocycles. The summed E-state index contributed by atoms with van der Waals surface area (Å²) in [6, 6.07) is 6.96. The molecule has 2 heteroatoms. The van der Waals surface area contributed by atoms with Gasteiger partial charge in [-0.3, -0.25) is 0 Å². The number of aromatic nitrogens is 1. The Morgan fingerprint density at radius 2 is 1.54 bits per heavy atom. The second-order valence-electron chi connectivity index (χ2n) is 7.11. The SMILES string of the molecule is CCC(CC)Cc1c(C#N)c(C)c(C)n1-c1c(C)cc(C)cc1C. The predicted octanol–water partition coefficient (Wildman–Crippen LogP) is 5.87. The van der Waals surface area contributed by atoms with E-state index in [1.165, 1.54) is 33.8 Å². The molecule has 0 radical (unpaired) electrons. The van der Waals surface area contributed by atoms with Gasteiger partial charge in [0.05, 0.1) is 11.3 Å². The number of hydrogen-bond donors (Lipinski definition) is 0. The molecule has 1 aromatic heterocycles. The molecular weight excluding hydrogens is 292 g/mol. The predicted molar refractivity (Wildman–Crippen MR) is 102 cm³/mol. The number of aryl methyl sites for hydroxylation is 3. The number of rotatable bonds is 5. The third-order valence-corrected chi connectivity index (χ3v) is 5.42. The smallest absolute Gasteiger partial charge is 0.101 e. The fourth-order valence-electron chi connectivity index (χ4n) is 3.90. The van der Waals surface area contributed by atoms with Crippen molar-refractivity contribution in [3.8, 4) is 11.8 Å². The van der Waals surface area contributed by atoms with Crippen molar-refractivity contribution in [1.29, 1.82) is 5.26 Å². The molecule has 2 nitrogen and oxygen atoms in total. The Hall–Kier alpha value is -2.01. The van der Waals surface area contributed by atoms with Crippen LogP contribution in [0.25, 0.3) is 5.69 Å². The first-order valence-electron chi connectivity index (χ1n) is 9.04. The van der Waals surface area contributed by atoms with Crippen molar-refractivity contribution < 1.29 is 0 Å². The molecule has 1 heterocycles. The van der Waals surface area contributed by atoms with Crippen LogP contribution in [0.15, 0.2) is 12.1 Å². The Kier molecular flexibility index (Phi) is 5.54. The van der Waals surface area contributed by atoms with E-state index in [2.05, 4.69) is 71.2 Å². The third-order valence-electron chi connectivity index (χ3n) is 5.42. The van der Waals surface area contributed by atoms with E-state index in [1.54, 1.807) is 0 Å². The van der Waals surface area contributed by atoms with Gasteiger partial charge in [-0.25, -0.2) is 0 Å². The summed E-state index contributed by atoms with van der Waals surface area (Å²) in [6.45, 7) is 15.2. The average molecular weight is 322 g/mol. The van der Waals surface area contributed by atoms with Crippen molar-refractivity contribution in [3.05, 3.63) is 51.3 Å². The number of nitriles is 1. The highest BCUT2D eigenvalue weighted by Gasteiger charge is 2.22. The highest BCUT2D eigenvalue weighted by Crippen LogP contribution is 2.32. The first-order valence-corrected chi connectivity index (χ1v) is 9.04. The summed E-state index contributed by atoms with van der Waals surface area (Å²) in [5.41, 5.74) is 9.48. The van der Waals surface area contributed by atoms with Crippen LogP contribution >= 0.6 is 0 Å².